The third-order valence-electron chi connectivity index (χ3n) is 7.31. The lowest BCUT2D eigenvalue weighted by atomic mass is 9.80. The first-order valence-electron chi connectivity index (χ1n) is 12.3. The second-order valence-corrected chi connectivity index (χ2v) is 9.93. The maximum absolute atomic E-state index is 12.9. The molecule has 36 heavy (non-hydrogen) atoms. The zero-order valence-electron chi connectivity index (χ0n) is 21.7. The van der Waals surface area contributed by atoms with Crippen LogP contribution in [0, 0.1) is 11.8 Å². The molecule has 0 saturated carbocycles. The van der Waals surface area contributed by atoms with Gasteiger partial charge in [-0.15, -0.1) is 0 Å². The smallest absolute Gasteiger partial charge is 0.251 e. The van der Waals surface area contributed by atoms with Crippen molar-refractivity contribution in [3.05, 3.63) is 46.4 Å². The maximum Gasteiger partial charge on any atom is 0.251 e. The molecule has 1 saturated heterocycles. The number of ether oxygens (including phenoxy) is 3. The molecule has 2 heterocycles. The summed E-state index contributed by atoms with van der Waals surface area (Å²) in [6.45, 7) is 7.20. The standard InChI is InChI=1S/C27H37NO8/c1-13-8-7-9-19(34-5)22(30)14(2)10-15(3)25-20(35-6)11-16(4)26(36-25)21-23(31)17(28-27(13)33)12-18(29)24(21)32/h8,10,12,15-16,19-20,22,25-26,30-31H,7,9,11H2,1-6H3,(H,28,33). The summed E-state index contributed by atoms with van der Waals surface area (Å²) in [5.74, 6) is -3.19. The number of allylic oxidation sites excluding steroid dienone is 2. The number of aliphatic hydroxyl groups excluding tert-OH is 2. The molecule has 7 unspecified atom stereocenters. The Hall–Kier alpha value is -2.59. The van der Waals surface area contributed by atoms with Gasteiger partial charge in [0, 0.05) is 31.8 Å². The number of fused-ring (bicyclic) bond motifs is 4. The minimum absolute atomic E-state index is 0.133. The molecule has 9 heteroatoms. The number of carbonyl (C=O) groups is 3. The first-order valence-corrected chi connectivity index (χ1v) is 12.3. The fraction of sp³-hybridized carbons (Fsp3) is 0.593. The predicted octanol–water partition coefficient (Wildman–Crippen LogP) is 2.46. The third-order valence-corrected chi connectivity index (χ3v) is 7.31. The van der Waals surface area contributed by atoms with Gasteiger partial charge < -0.3 is 29.7 Å². The van der Waals surface area contributed by atoms with Crippen LogP contribution in [0.15, 0.2) is 46.4 Å². The van der Waals surface area contributed by atoms with Gasteiger partial charge in [-0.1, -0.05) is 26.0 Å². The second-order valence-electron chi connectivity index (χ2n) is 9.93. The van der Waals surface area contributed by atoms with Crippen LogP contribution in [0.3, 0.4) is 0 Å². The average molecular weight is 504 g/mol. The molecule has 0 aromatic carbocycles. The molecule has 0 aromatic rings. The van der Waals surface area contributed by atoms with Crippen molar-refractivity contribution in [2.24, 2.45) is 11.8 Å². The molecule has 3 aliphatic rings. The summed E-state index contributed by atoms with van der Waals surface area (Å²) in [5.41, 5.74) is 0.756. The minimum Gasteiger partial charge on any atom is -0.505 e. The molecule has 3 rings (SSSR count). The van der Waals surface area contributed by atoms with E-state index in [9.17, 15) is 24.6 Å². The largest absolute Gasteiger partial charge is 0.505 e. The predicted molar refractivity (Wildman–Crippen MR) is 132 cm³/mol. The highest BCUT2D eigenvalue weighted by Gasteiger charge is 2.45. The van der Waals surface area contributed by atoms with Crippen LogP contribution in [0.1, 0.15) is 47.0 Å². The number of hydrogen-bond acceptors (Lipinski definition) is 8. The van der Waals surface area contributed by atoms with Crippen LogP contribution >= 0.6 is 0 Å². The van der Waals surface area contributed by atoms with Crippen molar-refractivity contribution in [1.29, 1.82) is 0 Å². The SMILES string of the molecule is COC1CCC=C(C)C(=O)NC2=CC(=O)C(=O)C(=C2O)C2OC(C(C)C=C(C)C1O)C(OC)CC2C. The average Bonchev–Trinajstić information content (AvgIpc) is 2.84. The number of hydrogen-bond donors (Lipinski definition) is 3. The molecule has 0 radical (unpaired) electrons. The van der Waals surface area contributed by atoms with Gasteiger partial charge in [0.15, 0.2) is 0 Å². The zero-order chi connectivity index (χ0) is 26.7. The van der Waals surface area contributed by atoms with E-state index >= 15 is 0 Å². The lowest BCUT2D eigenvalue weighted by molar-refractivity contribution is -0.156. The molecule has 7 atom stereocenters. The van der Waals surface area contributed by atoms with Gasteiger partial charge in [-0.3, -0.25) is 14.4 Å². The summed E-state index contributed by atoms with van der Waals surface area (Å²) in [6, 6.07) is 0. The number of ketones is 2. The Kier molecular flexibility index (Phi) is 9.05. The number of Topliss-reactive ketones (excluding diaryl/α,β-unsaturated/α-hetero) is 1. The molecule has 9 nitrogen and oxygen atoms in total. The Bertz CT molecular complexity index is 1020. The number of methoxy groups -OCH3 is 2. The highest BCUT2D eigenvalue weighted by Crippen LogP contribution is 2.37. The van der Waals surface area contributed by atoms with Crippen molar-refractivity contribution in [2.75, 3.05) is 14.2 Å². The van der Waals surface area contributed by atoms with Crippen LogP contribution in [-0.2, 0) is 28.6 Å². The van der Waals surface area contributed by atoms with Crippen molar-refractivity contribution in [3.63, 3.8) is 0 Å². The van der Waals surface area contributed by atoms with E-state index in [0.717, 1.165) is 6.08 Å². The zero-order valence-corrected chi connectivity index (χ0v) is 21.7. The first-order chi connectivity index (χ1) is 17.0. The quantitative estimate of drug-likeness (QED) is 0.298. The van der Waals surface area contributed by atoms with Gasteiger partial charge in [-0.25, -0.2) is 0 Å². The summed E-state index contributed by atoms with van der Waals surface area (Å²) in [6.07, 6.45) is 2.89. The molecule has 0 spiro atoms. The van der Waals surface area contributed by atoms with Crippen molar-refractivity contribution >= 4 is 17.5 Å². The first kappa shape index (κ1) is 28.0. The van der Waals surface area contributed by atoms with E-state index in [1.807, 2.05) is 26.8 Å². The van der Waals surface area contributed by atoms with Gasteiger partial charge in [0.25, 0.3) is 5.91 Å². The van der Waals surface area contributed by atoms with Crippen LogP contribution in [0.2, 0.25) is 0 Å². The van der Waals surface area contributed by atoms with Crippen molar-refractivity contribution in [1.82, 2.24) is 5.32 Å². The van der Waals surface area contributed by atoms with Gasteiger partial charge in [0.2, 0.25) is 11.6 Å². The Balaban J connectivity index is 2.11. The van der Waals surface area contributed by atoms with Gasteiger partial charge in [0.05, 0.1) is 35.7 Å². The van der Waals surface area contributed by atoms with Crippen LogP contribution < -0.4 is 5.32 Å². The molecule has 1 aliphatic carbocycles. The lowest BCUT2D eigenvalue weighted by Crippen LogP contribution is -2.50. The van der Waals surface area contributed by atoms with Crippen LogP contribution in [0.25, 0.3) is 0 Å². The Morgan fingerprint density at radius 3 is 2.39 bits per heavy atom. The van der Waals surface area contributed by atoms with E-state index in [-0.39, 0.29) is 29.2 Å². The Morgan fingerprint density at radius 2 is 1.75 bits per heavy atom. The molecule has 2 aliphatic heterocycles. The van der Waals surface area contributed by atoms with E-state index in [1.54, 1.807) is 20.1 Å². The molecular weight excluding hydrogens is 466 g/mol. The van der Waals surface area contributed by atoms with Crippen LogP contribution in [0.4, 0.5) is 0 Å². The number of rotatable bonds is 2. The molecule has 0 aromatic heterocycles. The van der Waals surface area contributed by atoms with Crippen molar-refractivity contribution < 1.29 is 38.8 Å². The number of carbonyl (C=O) groups excluding carboxylic acids is 3. The van der Waals surface area contributed by atoms with E-state index in [1.165, 1.54) is 7.11 Å². The van der Waals surface area contributed by atoms with Crippen LogP contribution in [0.5, 0.6) is 0 Å². The monoisotopic (exact) mass is 503 g/mol. The minimum atomic E-state index is -0.890. The Morgan fingerprint density at radius 1 is 1.08 bits per heavy atom. The molecule has 198 valence electrons. The van der Waals surface area contributed by atoms with E-state index in [0.29, 0.717) is 30.4 Å². The normalized spacial score (nSPS) is 34.9. The lowest BCUT2D eigenvalue weighted by Gasteiger charge is -2.43. The third kappa shape index (κ3) is 5.70. The number of aliphatic hydroxyl groups is 2. The topological polar surface area (TPSA) is 131 Å². The summed E-state index contributed by atoms with van der Waals surface area (Å²) in [4.78, 5) is 38.3. The highest BCUT2D eigenvalue weighted by atomic mass is 16.5. The van der Waals surface area contributed by atoms with E-state index < -0.39 is 47.6 Å². The molecular formula is C27H37NO8. The van der Waals surface area contributed by atoms with Gasteiger partial charge >= 0.3 is 0 Å². The van der Waals surface area contributed by atoms with E-state index in [4.69, 9.17) is 14.2 Å². The van der Waals surface area contributed by atoms with Crippen molar-refractivity contribution in [2.45, 2.75) is 77.5 Å². The number of amides is 1. The fourth-order valence-electron chi connectivity index (χ4n) is 5.15. The van der Waals surface area contributed by atoms with E-state index in [2.05, 4.69) is 5.32 Å². The summed E-state index contributed by atoms with van der Waals surface area (Å²) in [5, 5.41) is 24.5. The van der Waals surface area contributed by atoms with Gasteiger partial charge in [-0.05, 0) is 44.6 Å². The molecule has 1 fully saturated rings. The summed E-state index contributed by atoms with van der Waals surface area (Å²) < 4.78 is 17.6. The van der Waals surface area contributed by atoms with Crippen LogP contribution in [-0.4, -0.2) is 72.4 Å². The van der Waals surface area contributed by atoms with Gasteiger partial charge in [-0.2, -0.15) is 0 Å². The fourth-order valence-corrected chi connectivity index (χ4v) is 5.15. The molecule has 1 amide bonds. The highest BCUT2D eigenvalue weighted by molar-refractivity contribution is 6.48. The summed E-state index contributed by atoms with van der Waals surface area (Å²) in [7, 11) is 3.12. The summed E-state index contributed by atoms with van der Waals surface area (Å²) >= 11 is 0. The second kappa shape index (κ2) is 11.6. The Labute approximate surface area is 211 Å². The molecule has 3 N–H and O–H groups in total. The van der Waals surface area contributed by atoms with Crippen molar-refractivity contribution in [3.8, 4) is 0 Å². The molecule has 4 bridgehead atoms. The maximum atomic E-state index is 12.9. The number of nitrogens with one attached hydrogen (secondary N) is 1. The van der Waals surface area contributed by atoms with Gasteiger partial charge in [0.1, 0.15) is 11.9 Å².